The van der Waals surface area contributed by atoms with E-state index >= 15 is 0 Å². The summed E-state index contributed by atoms with van der Waals surface area (Å²) >= 11 is 0. The first-order valence-electron chi connectivity index (χ1n) is 12.7. The van der Waals surface area contributed by atoms with Crippen LogP contribution in [0, 0.1) is 0 Å². The molecule has 0 aliphatic carbocycles. The normalized spacial score (nSPS) is 35.0. The van der Waals surface area contributed by atoms with E-state index < -0.39 is 77.9 Å². The zero-order chi connectivity index (χ0) is 31.0. The molecule has 24 heteroatoms. The van der Waals surface area contributed by atoms with Crippen molar-refractivity contribution in [1.29, 1.82) is 0 Å². The van der Waals surface area contributed by atoms with Crippen LogP contribution in [0.2, 0.25) is 0 Å². The molecule has 0 bridgehead atoms. The van der Waals surface area contributed by atoms with Gasteiger partial charge in [-0.25, -0.2) is 29.9 Å². The van der Waals surface area contributed by atoms with Gasteiger partial charge in [-0.1, -0.05) is 0 Å². The van der Waals surface area contributed by atoms with E-state index in [-0.39, 0.29) is 34.0 Å². The second kappa shape index (κ2) is 10.7. The van der Waals surface area contributed by atoms with Gasteiger partial charge >= 0.3 is 0 Å². The third-order valence-electron chi connectivity index (χ3n) is 7.25. The summed E-state index contributed by atoms with van der Waals surface area (Å²) in [5, 5.41) is 20.8. The van der Waals surface area contributed by atoms with E-state index in [1.165, 1.54) is 28.1 Å². The molecule has 3 aliphatic heterocycles. The summed E-state index contributed by atoms with van der Waals surface area (Å²) in [5.41, 5.74) is 12.4. The average Bonchev–Trinajstić information content (AvgIpc) is 3.77. The molecule has 7 rings (SSSR count). The van der Waals surface area contributed by atoms with Crippen molar-refractivity contribution in [2.45, 2.75) is 49.1 Å². The minimum Gasteiger partial charge on any atom is -0.756 e. The largest absolute Gasteiger partial charge is 0.756 e. The molecule has 0 spiro atoms. The highest BCUT2D eigenvalue weighted by Gasteiger charge is 2.55. The molecule has 0 radical (unpaired) electrons. The fourth-order valence-corrected chi connectivity index (χ4v) is 7.39. The van der Waals surface area contributed by atoms with Gasteiger partial charge in [0, 0.05) is 0 Å². The van der Waals surface area contributed by atoms with E-state index in [1.54, 1.807) is 0 Å². The predicted octanol–water partition coefficient (Wildman–Crippen LogP) is -2.90. The number of hydrogen-bond acceptors (Lipinski definition) is 20. The maximum Gasteiger partial charge on any atom is 0.268 e. The fraction of sp³-hybridized carbons (Fsp3) is 0.500. The Bertz CT molecular complexity index is 1820. The highest BCUT2D eigenvalue weighted by atomic mass is 31.2. The van der Waals surface area contributed by atoms with Gasteiger partial charge in [0.1, 0.15) is 60.3 Å². The molecule has 0 aromatic carbocycles. The Labute approximate surface area is 244 Å². The molecule has 4 aromatic heterocycles. The van der Waals surface area contributed by atoms with Crippen molar-refractivity contribution in [1.82, 2.24) is 39.0 Å². The zero-order valence-corrected chi connectivity index (χ0v) is 23.7. The Morgan fingerprint density at radius 1 is 0.932 bits per heavy atom. The molecule has 3 saturated heterocycles. The fourth-order valence-electron chi connectivity index (χ4n) is 5.31. The number of fused-ring (bicyclic) bond motifs is 3. The Kier molecular flexibility index (Phi) is 7.16. The van der Waals surface area contributed by atoms with Crippen molar-refractivity contribution in [3.63, 3.8) is 0 Å². The summed E-state index contributed by atoms with van der Waals surface area (Å²) in [6.07, 6.45) is -6.14. The molecule has 4 aromatic rings. The van der Waals surface area contributed by atoms with Gasteiger partial charge in [-0.15, -0.1) is 0 Å². The number of hydrogen-bond donors (Lipinski definition) is 4. The number of imidazole rings is 2. The number of aliphatic hydroxyl groups excluding tert-OH is 2. The van der Waals surface area contributed by atoms with E-state index in [1.807, 2.05) is 0 Å². The summed E-state index contributed by atoms with van der Waals surface area (Å²) < 4.78 is 59.5. The minimum absolute atomic E-state index is 0.0610. The number of aromatic nitrogens is 8. The van der Waals surface area contributed by atoms with Gasteiger partial charge in [0.15, 0.2) is 35.4 Å². The molecular weight excluding hydrogens is 634 g/mol. The summed E-state index contributed by atoms with van der Waals surface area (Å²) in [6, 6.07) is 0. The smallest absolute Gasteiger partial charge is 0.268 e. The molecule has 0 amide bonds. The van der Waals surface area contributed by atoms with Crippen LogP contribution in [0.4, 0.5) is 11.6 Å². The summed E-state index contributed by atoms with van der Waals surface area (Å²) in [5.74, 6) is 0.123. The van der Waals surface area contributed by atoms with Gasteiger partial charge in [0.05, 0.1) is 25.9 Å². The van der Waals surface area contributed by atoms with Crippen LogP contribution in [-0.4, -0.2) is 99.1 Å². The van der Waals surface area contributed by atoms with Crippen LogP contribution < -0.4 is 21.3 Å². The van der Waals surface area contributed by atoms with Crippen LogP contribution >= 0.6 is 15.6 Å². The van der Waals surface area contributed by atoms with E-state index in [9.17, 15) is 29.1 Å². The Hall–Kier alpha value is -3.24. The van der Waals surface area contributed by atoms with Crippen molar-refractivity contribution in [3.8, 4) is 0 Å². The molecule has 10 atom stereocenters. The van der Waals surface area contributed by atoms with E-state index in [0.717, 1.165) is 6.33 Å². The Balaban J connectivity index is 1.07. The SMILES string of the molecule is Nc1ncnc2c1ncn2[C@@H]1O[C@H](CO)[C@@H](OP(=O)([O-])OC[C@H]2O[C@@H](n3cnc4c(N)ncnc43)[C@@H]3OP(=O)([O-])O[C@@H]32)[C@H]1O. The first-order chi connectivity index (χ1) is 21.0. The first-order valence-corrected chi connectivity index (χ1v) is 15.7. The zero-order valence-electron chi connectivity index (χ0n) is 21.9. The standard InChI is InChI=1S/C20H24N10O12P2/c21-15-9-17(25-3-23-15)29(5-27-9)19-11(32)12(7(1-31)38-19)40-43(33,34)37-2-8-13-14(42-44(35,36)41-13)20(39-8)30-6-28-10-16(22)24-4-26-18(10)30/h3-8,11-14,19-20,31-32H,1-2H2,(H,33,34)(H,35,36)(H2,21,23,25)(H2,22,24,26)/p-2/t7-,8-,11-,12-,13-,14-,19-,20-/m1/s1. The Morgan fingerprint density at radius 2 is 1.50 bits per heavy atom. The minimum atomic E-state index is -5.29. The number of phosphoric acid groups is 2. The van der Waals surface area contributed by atoms with Gasteiger partial charge in [-0.2, -0.15) is 0 Å². The van der Waals surface area contributed by atoms with Gasteiger partial charge in [-0.3, -0.25) is 18.3 Å². The number of nitrogens with two attached hydrogens (primary N) is 2. The lowest BCUT2D eigenvalue weighted by Gasteiger charge is -2.30. The quantitative estimate of drug-likeness (QED) is 0.138. The lowest BCUT2D eigenvalue weighted by Crippen LogP contribution is -2.37. The maximum atomic E-state index is 12.9. The van der Waals surface area contributed by atoms with Crippen LogP contribution in [-0.2, 0) is 36.7 Å². The maximum absolute atomic E-state index is 12.9. The van der Waals surface area contributed by atoms with Gasteiger partial charge in [0.25, 0.3) is 15.6 Å². The molecule has 0 saturated carbocycles. The van der Waals surface area contributed by atoms with Crippen LogP contribution in [0.5, 0.6) is 0 Å². The molecule has 3 fully saturated rings. The van der Waals surface area contributed by atoms with Gasteiger partial charge < -0.3 is 59.0 Å². The Morgan fingerprint density at radius 3 is 2.11 bits per heavy atom. The molecule has 6 N–H and O–H groups in total. The summed E-state index contributed by atoms with van der Waals surface area (Å²) in [4.78, 5) is 49.1. The number of aliphatic hydroxyl groups is 2. The highest BCUT2D eigenvalue weighted by molar-refractivity contribution is 7.46. The molecule has 2 unspecified atom stereocenters. The summed E-state index contributed by atoms with van der Waals surface area (Å²) in [7, 11) is -10.1. The number of rotatable bonds is 8. The van der Waals surface area contributed by atoms with Crippen LogP contribution in [0.1, 0.15) is 12.5 Å². The third-order valence-corrected chi connectivity index (χ3v) is 9.22. The molecule has 236 valence electrons. The number of phosphoric ester groups is 2. The first kappa shape index (κ1) is 29.5. The van der Waals surface area contributed by atoms with Crippen LogP contribution in [0.3, 0.4) is 0 Å². The topological polar surface area (TPSA) is 315 Å². The second-order valence-corrected chi connectivity index (χ2v) is 12.5. The average molecular weight is 656 g/mol. The monoisotopic (exact) mass is 656 g/mol. The van der Waals surface area contributed by atoms with Crippen molar-refractivity contribution in [3.05, 3.63) is 25.3 Å². The van der Waals surface area contributed by atoms with E-state index in [0.29, 0.717) is 0 Å². The molecule has 7 heterocycles. The number of nitrogens with zero attached hydrogens (tertiary/aromatic N) is 8. The highest BCUT2D eigenvalue weighted by Crippen LogP contribution is 2.56. The van der Waals surface area contributed by atoms with Gasteiger partial charge in [-0.05, 0) is 0 Å². The van der Waals surface area contributed by atoms with Crippen molar-refractivity contribution < 1.29 is 56.7 Å². The second-order valence-electron chi connectivity index (χ2n) is 9.87. The molecule has 3 aliphatic rings. The van der Waals surface area contributed by atoms with Crippen LogP contribution in [0.15, 0.2) is 25.3 Å². The van der Waals surface area contributed by atoms with Gasteiger partial charge in [0.2, 0.25) is 0 Å². The van der Waals surface area contributed by atoms with Crippen LogP contribution in [0.25, 0.3) is 22.3 Å². The predicted molar refractivity (Wildman–Crippen MR) is 136 cm³/mol. The number of anilines is 2. The van der Waals surface area contributed by atoms with E-state index in [4.69, 9.17) is 39.0 Å². The lowest BCUT2D eigenvalue weighted by atomic mass is 10.1. The van der Waals surface area contributed by atoms with Crippen molar-refractivity contribution in [2.75, 3.05) is 24.7 Å². The summed E-state index contributed by atoms with van der Waals surface area (Å²) in [6.45, 7) is -1.53. The van der Waals surface area contributed by atoms with E-state index in [2.05, 4.69) is 29.9 Å². The molecular formula is C20H22N10O12P2-2. The van der Waals surface area contributed by atoms with Crippen molar-refractivity contribution >= 4 is 49.6 Å². The molecule has 22 nitrogen and oxygen atoms in total. The lowest BCUT2D eigenvalue weighted by molar-refractivity contribution is -0.237. The number of nitrogen functional groups attached to an aromatic ring is 2. The van der Waals surface area contributed by atoms with Crippen molar-refractivity contribution in [2.24, 2.45) is 0 Å². The third kappa shape index (κ3) is 4.94. The molecule has 44 heavy (non-hydrogen) atoms. The number of ether oxygens (including phenoxy) is 2.